The van der Waals surface area contributed by atoms with Crippen LogP contribution in [0.3, 0.4) is 0 Å². The fraction of sp³-hybridized carbons (Fsp3) is 0.600. The molecular formula is C15H23NS. The van der Waals surface area contributed by atoms with Crippen molar-refractivity contribution in [3.8, 4) is 0 Å². The maximum Gasteiger partial charge on any atom is 0.0316 e. The number of thioether (sulfide) groups is 1. The second-order valence-corrected chi connectivity index (χ2v) is 6.39. The first-order valence-electron chi connectivity index (χ1n) is 6.80. The van der Waals surface area contributed by atoms with Crippen LogP contribution in [-0.2, 0) is 6.42 Å². The molecule has 1 saturated carbocycles. The molecule has 2 rings (SSSR count). The Kier molecular flexibility index (Phi) is 5.24. The maximum atomic E-state index is 5.77. The molecule has 1 aliphatic rings. The van der Waals surface area contributed by atoms with Gasteiger partial charge in [-0.1, -0.05) is 31.4 Å². The molecule has 0 saturated heterocycles. The van der Waals surface area contributed by atoms with Gasteiger partial charge in [0.15, 0.2) is 0 Å². The van der Waals surface area contributed by atoms with Crippen LogP contribution >= 0.6 is 11.8 Å². The van der Waals surface area contributed by atoms with Gasteiger partial charge in [-0.3, -0.25) is 0 Å². The summed E-state index contributed by atoms with van der Waals surface area (Å²) >= 11 is 2.19. The van der Waals surface area contributed by atoms with Crippen molar-refractivity contribution in [3.63, 3.8) is 0 Å². The topological polar surface area (TPSA) is 26.0 Å². The lowest BCUT2D eigenvalue weighted by atomic mass is 10.0. The van der Waals surface area contributed by atoms with Gasteiger partial charge in [0.1, 0.15) is 0 Å². The van der Waals surface area contributed by atoms with Crippen molar-refractivity contribution in [1.29, 1.82) is 0 Å². The van der Waals surface area contributed by atoms with E-state index in [0.717, 1.165) is 10.9 Å². The second-order valence-electron chi connectivity index (χ2n) is 4.98. The van der Waals surface area contributed by atoms with Gasteiger partial charge in [-0.2, -0.15) is 11.8 Å². The summed E-state index contributed by atoms with van der Waals surface area (Å²) in [6, 6.07) is 8.30. The average molecular weight is 249 g/mol. The van der Waals surface area contributed by atoms with Crippen LogP contribution in [0.1, 0.15) is 44.1 Å². The van der Waals surface area contributed by atoms with E-state index in [1.54, 1.807) is 0 Å². The minimum Gasteiger partial charge on any atom is -0.399 e. The molecule has 2 heteroatoms. The quantitative estimate of drug-likeness (QED) is 0.623. The van der Waals surface area contributed by atoms with Crippen LogP contribution in [0.5, 0.6) is 0 Å². The van der Waals surface area contributed by atoms with Crippen LogP contribution in [0.25, 0.3) is 0 Å². The van der Waals surface area contributed by atoms with Crippen molar-refractivity contribution in [1.82, 2.24) is 0 Å². The normalized spacial score (nSPS) is 17.2. The van der Waals surface area contributed by atoms with Crippen molar-refractivity contribution in [2.75, 3.05) is 11.5 Å². The molecule has 0 bridgehead atoms. The van der Waals surface area contributed by atoms with Gasteiger partial charge >= 0.3 is 0 Å². The highest BCUT2D eigenvalue weighted by molar-refractivity contribution is 7.99. The van der Waals surface area contributed by atoms with Gasteiger partial charge in [0.2, 0.25) is 0 Å². The highest BCUT2D eigenvalue weighted by atomic mass is 32.2. The van der Waals surface area contributed by atoms with Crippen molar-refractivity contribution in [2.45, 2.75) is 50.2 Å². The molecule has 1 fully saturated rings. The van der Waals surface area contributed by atoms with E-state index in [-0.39, 0.29) is 0 Å². The predicted octanol–water partition coefficient (Wildman–Crippen LogP) is 4.27. The monoisotopic (exact) mass is 249 g/mol. The molecule has 1 aromatic carbocycles. The Hall–Kier alpha value is -0.630. The first-order valence-corrected chi connectivity index (χ1v) is 7.85. The number of nitrogen functional groups attached to an aromatic ring is 1. The lowest BCUT2D eigenvalue weighted by Gasteiger charge is -2.20. The number of rotatable bonds is 5. The molecule has 0 aromatic heterocycles. The molecule has 17 heavy (non-hydrogen) atoms. The predicted molar refractivity (Wildman–Crippen MR) is 78.5 cm³/mol. The number of nitrogens with two attached hydrogens (primary N) is 1. The summed E-state index contributed by atoms with van der Waals surface area (Å²) in [4.78, 5) is 0. The number of aryl methyl sites for hydroxylation is 1. The van der Waals surface area contributed by atoms with Gasteiger partial charge in [0, 0.05) is 10.9 Å². The number of hydrogen-bond donors (Lipinski definition) is 1. The third-order valence-electron chi connectivity index (χ3n) is 3.47. The van der Waals surface area contributed by atoms with Crippen molar-refractivity contribution in [3.05, 3.63) is 29.8 Å². The lowest BCUT2D eigenvalue weighted by molar-refractivity contribution is 0.516. The molecule has 1 nitrogen and oxygen atoms in total. The third kappa shape index (κ3) is 4.63. The molecule has 0 amide bonds. The van der Waals surface area contributed by atoms with E-state index in [9.17, 15) is 0 Å². The Bertz CT molecular complexity index is 331. The summed E-state index contributed by atoms with van der Waals surface area (Å²) in [5.74, 6) is 1.31. The summed E-state index contributed by atoms with van der Waals surface area (Å²) in [7, 11) is 0. The van der Waals surface area contributed by atoms with E-state index in [2.05, 4.69) is 30.0 Å². The molecule has 0 spiro atoms. The van der Waals surface area contributed by atoms with E-state index in [0.29, 0.717) is 0 Å². The minimum absolute atomic E-state index is 0.891. The smallest absolute Gasteiger partial charge is 0.0316 e. The Morgan fingerprint density at radius 1 is 1.18 bits per heavy atom. The van der Waals surface area contributed by atoms with Crippen LogP contribution < -0.4 is 5.73 Å². The molecule has 1 aromatic rings. The van der Waals surface area contributed by atoms with Crippen LogP contribution in [0.15, 0.2) is 24.3 Å². The zero-order chi connectivity index (χ0) is 11.9. The summed E-state index contributed by atoms with van der Waals surface area (Å²) in [5, 5.41) is 0.949. The highest BCUT2D eigenvalue weighted by Crippen LogP contribution is 2.28. The molecular weight excluding hydrogens is 226 g/mol. The number of anilines is 1. The summed E-state index contributed by atoms with van der Waals surface area (Å²) in [5.41, 5.74) is 8.05. The van der Waals surface area contributed by atoms with Crippen LogP contribution in [0.2, 0.25) is 0 Å². The number of hydrogen-bond acceptors (Lipinski definition) is 2. The van der Waals surface area contributed by atoms with E-state index in [1.807, 2.05) is 6.07 Å². The summed E-state index contributed by atoms with van der Waals surface area (Å²) in [6.45, 7) is 0. The fourth-order valence-corrected chi connectivity index (χ4v) is 3.82. The molecule has 2 N–H and O–H groups in total. The highest BCUT2D eigenvalue weighted by Gasteiger charge is 2.12. The largest absolute Gasteiger partial charge is 0.399 e. The molecule has 0 aliphatic heterocycles. The SMILES string of the molecule is Nc1cccc(CCCSC2CCCCC2)c1. The summed E-state index contributed by atoms with van der Waals surface area (Å²) < 4.78 is 0. The van der Waals surface area contributed by atoms with Gasteiger partial charge in [-0.25, -0.2) is 0 Å². The van der Waals surface area contributed by atoms with Crippen LogP contribution in [0, 0.1) is 0 Å². The third-order valence-corrected chi connectivity index (χ3v) is 4.93. The van der Waals surface area contributed by atoms with Crippen molar-refractivity contribution < 1.29 is 0 Å². The van der Waals surface area contributed by atoms with Gasteiger partial charge < -0.3 is 5.73 Å². The standard InChI is InChI=1S/C15H23NS/c16-14-8-4-6-13(12-14)7-5-11-17-15-9-2-1-3-10-15/h4,6,8,12,15H,1-3,5,7,9-11,16H2. The second kappa shape index (κ2) is 6.95. The van der Waals surface area contributed by atoms with E-state index in [4.69, 9.17) is 5.73 Å². The van der Waals surface area contributed by atoms with Crippen LogP contribution in [0.4, 0.5) is 5.69 Å². The zero-order valence-corrected chi connectivity index (χ0v) is 11.3. The molecule has 0 unspecified atom stereocenters. The fourth-order valence-electron chi connectivity index (χ4n) is 2.51. The Morgan fingerprint density at radius 3 is 2.76 bits per heavy atom. The Morgan fingerprint density at radius 2 is 2.00 bits per heavy atom. The number of benzene rings is 1. The molecule has 94 valence electrons. The van der Waals surface area contributed by atoms with Crippen molar-refractivity contribution in [2.24, 2.45) is 0 Å². The Labute approximate surface area is 109 Å². The van der Waals surface area contributed by atoms with Crippen LogP contribution in [-0.4, -0.2) is 11.0 Å². The molecule has 0 heterocycles. The maximum absolute atomic E-state index is 5.77. The Balaban J connectivity index is 1.62. The molecule has 0 radical (unpaired) electrons. The lowest BCUT2D eigenvalue weighted by Crippen LogP contribution is -2.08. The zero-order valence-electron chi connectivity index (χ0n) is 10.5. The summed E-state index contributed by atoms with van der Waals surface area (Å²) in [6.07, 6.45) is 9.71. The van der Waals surface area contributed by atoms with Gasteiger partial charge in [0.05, 0.1) is 0 Å². The molecule has 1 aliphatic carbocycles. The van der Waals surface area contributed by atoms with E-state index < -0.39 is 0 Å². The van der Waals surface area contributed by atoms with Gasteiger partial charge in [-0.05, 0) is 49.1 Å². The molecule has 0 atom stereocenters. The van der Waals surface area contributed by atoms with Gasteiger partial charge in [-0.15, -0.1) is 0 Å². The van der Waals surface area contributed by atoms with E-state index in [1.165, 1.54) is 56.3 Å². The van der Waals surface area contributed by atoms with Gasteiger partial charge in [0.25, 0.3) is 0 Å². The van der Waals surface area contributed by atoms with E-state index >= 15 is 0 Å². The first-order chi connectivity index (χ1) is 8.34. The average Bonchev–Trinajstić information content (AvgIpc) is 2.36. The van der Waals surface area contributed by atoms with Crippen molar-refractivity contribution >= 4 is 17.4 Å². The minimum atomic E-state index is 0.891. The first kappa shape index (κ1) is 12.8.